The lowest BCUT2D eigenvalue weighted by atomic mass is 10.0. The molecule has 104 valence electrons. The minimum Gasteiger partial charge on any atom is -0.492 e. The Hall–Kier alpha value is -1.51. The lowest BCUT2D eigenvalue weighted by Gasteiger charge is -2.10. The normalized spacial score (nSPS) is 10.4. The molecule has 2 nitrogen and oxygen atoms in total. The zero-order chi connectivity index (χ0) is 14.7. The molecular formula is C16H14Cl2O2. The van der Waals surface area contributed by atoms with Crippen LogP contribution in [0.2, 0.25) is 10.0 Å². The number of aryl methyl sites for hydroxylation is 1. The van der Waals surface area contributed by atoms with Crippen LogP contribution in [0.3, 0.4) is 0 Å². The molecule has 0 unspecified atom stereocenters. The fourth-order valence-electron chi connectivity index (χ4n) is 1.91. The number of rotatable bonds is 4. The summed E-state index contributed by atoms with van der Waals surface area (Å²) >= 11 is 12.3. The van der Waals surface area contributed by atoms with E-state index in [2.05, 4.69) is 0 Å². The Balaban J connectivity index is 2.43. The van der Waals surface area contributed by atoms with Gasteiger partial charge < -0.3 is 4.74 Å². The van der Waals surface area contributed by atoms with Crippen molar-refractivity contribution in [2.24, 2.45) is 0 Å². The topological polar surface area (TPSA) is 26.3 Å². The van der Waals surface area contributed by atoms with Gasteiger partial charge in [-0.2, -0.15) is 0 Å². The van der Waals surface area contributed by atoms with E-state index in [0.717, 1.165) is 5.56 Å². The summed E-state index contributed by atoms with van der Waals surface area (Å²) in [7, 11) is 0. The van der Waals surface area contributed by atoms with E-state index >= 15 is 0 Å². The van der Waals surface area contributed by atoms with Crippen molar-refractivity contribution in [3.8, 4) is 5.75 Å². The van der Waals surface area contributed by atoms with Crippen LogP contribution in [0.5, 0.6) is 5.75 Å². The molecule has 0 fully saturated rings. The highest BCUT2D eigenvalue weighted by molar-refractivity contribution is 6.37. The Morgan fingerprint density at radius 2 is 1.90 bits per heavy atom. The fourth-order valence-corrected chi connectivity index (χ4v) is 2.37. The van der Waals surface area contributed by atoms with Gasteiger partial charge in [0, 0.05) is 17.2 Å². The summed E-state index contributed by atoms with van der Waals surface area (Å²) < 4.78 is 5.35. The van der Waals surface area contributed by atoms with Gasteiger partial charge in [-0.1, -0.05) is 47.0 Å². The second-order valence-corrected chi connectivity index (χ2v) is 5.21. The largest absolute Gasteiger partial charge is 0.492 e. The second-order valence-electron chi connectivity index (χ2n) is 4.39. The highest BCUT2D eigenvalue weighted by Gasteiger charge is 2.16. The summed E-state index contributed by atoms with van der Waals surface area (Å²) in [6.07, 6.45) is 0. The average molecular weight is 309 g/mol. The number of halogens is 2. The monoisotopic (exact) mass is 308 g/mol. The third-order valence-corrected chi connectivity index (χ3v) is 3.45. The third kappa shape index (κ3) is 3.14. The number of carbonyl (C=O) groups is 1. The Morgan fingerprint density at radius 1 is 1.15 bits per heavy atom. The van der Waals surface area contributed by atoms with Crippen LogP contribution in [-0.4, -0.2) is 12.4 Å². The molecule has 0 saturated heterocycles. The summed E-state index contributed by atoms with van der Waals surface area (Å²) in [5.41, 5.74) is 1.99. The summed E-state index contributed by atoms with van der Waals surface area (Å²) in [4.78, 5) is 12.5. The van der Waals surface area contributed by atoms with Crippen LogP contribution in [0.25, 0.3) is 0 Å². The standard InChI is InChI=1S/C16H14Cl2O2/c1-3-20-15-9-13(17)12(8-14(15)18)16(19)11-6-4-5-10(2)7-11/h4-9H,3H2,1-2H3. The highest BCUT2D eigenvalue weighted by Crippen LogP contribution is 2.32. The molecule has 0 aliphatic heterocycles. The van der Waals surface area contributed by atoms with E-state index < -0.39 is 0 Å². The quantitative estimate of drug-likeness (QED) is 0.748. The van der Waals surface area contributed by atoms with Gasteiger partial charge in [0.15, 0.2) is 5.78 Å². The van der Waals surface area contributed by atoms with Crippen molar-refractivity contribution in [1.29, 1.82) is 0 Å². The first-order chi connectivity index (χ1) is 9.52. The lowest BCUT2D eigenvalue weighted by Crippen LogP contribution is -2.03. The van der Waals surface area contributed by atoms with Gasteiger partial charge in [0.05, 0.1) is 16.7 Å². The van der Waals surface area contributed by atoms with Crippen molar-refractivity contribution in [3.05, 3.63) is 63.1 Å². The van der Waals surface area contributed by atoms with Crippen molar-refractivity contribution in [1.82, 2.24) is 0 Å². The van der Waals surface area contributed by atoms with Crippen LogP contribution in [-0.2, 0) is 0 Å². The van der Waals surface area contributed by atoms with Crippen molar-refractivity contribution >= 4 is 29.0 Å². The Kier molecular flexibility index (Phi) is 4.69. The minimum atomic E-state index is -0.149. The number of hydrogen-bond acceptors (Lipinski definition) is 2. The van der Waals surface area contributed by atoms with Gasteiger partial charge >= 0.3 is 0 Å². The van der Waals surface area contributed by atoms with Gasteiger partial charge in [-0.3, -0.25) is 4.79 Å². The molecule has 2 rings (SSSR count). The van der Waals surface area contributed by atoms with Crippen LogP contribution in [0, 0.1) is 6.92 Å². The molecule has 2 aromatic rings. The molecule has 0 aliphatic rings. The van der Waals surface area contributed by atoms with E-state index in [1.165, 1.54) is 0 Å². The first-order valence-electron chi connectivity index (χ1n) is 6.26. The molecule has 0 aromatic heterocycles. The summed E-state index contributed by atoms with van der Waals surface area (Å²) in [6, 6.07) is 10.5. The van der Waals surface area contributed by atoms with Crippen LogP contribution < -0.4 is 4.74 Å². The molecule has 4 heteroatoms. The first-order valence-corrected chi connectivity index (χ1v) is 7.01. The van der Waals surface area contributed by atoms with E-state index in [9.17, 15) is 4.79 Å². The van der Waals surface area contributed by atoms with Gasteiger partial charge in [-0.25, -0.2) is 0 Å². The summed E-state index contributed by atoms with van der Waals surface area (Å²) in [5, 5.41) is 0.719. The number of hydrogen-bond donors (Lipinski definition) is 0. The SMILES string of the molecule is CCOc1cc(Cl)c(C(=O)c2cccc(C)c2)cc1Cl. The number of ketones is 1. The van der Waals surface area contributed by atoms with Crippen molar-refractivity contribution < 1.29 is 9.53 Å². The van der Waals surface area contributed by atoms with E-state index in [1.807, 2.05) is 32.0 Å². The van der Waals surface area contributed by atoms with Crippen molar-refractivity contribution in [2.45, 2.75) is 13.8 Å². The molecule has 2 aromatic carbocycles. The molecule has 0 radical (unpaired) electrons. The molecule has 0 bridgehead atoms. The van der Waals surface area contributed by atoms with E-state index in [4.69, 9.17) is 27.9 Å². The summed E-state index contributed by atoms with van der Waals surface area (Å²) in [5.74, 6) is 0.337. The maximum Gasteiger partial charge on any atom is 0.194 e. The van der Waals surface area contributed by atoms with E-state index in [1.54, 1.807) is 18.2 Å². The first kappa shape index (κ1) is 14.9. The van der Waals surface area contributed by atoms with Crippen LogP contribution in [0.1, 0.15) is 28.4 Å². The Morgan fingerprint density at radius 3 is 2.55 bits per heavy atom. The molecule has 0 saturated carbocycles. The number of ether oxygens (including phenoxy) is 1. The molecule has 0 atom stereocenters. The minimum absolute atomic E-state index is 0.149. The zero-order valence-electron chi connectivity index (χ0n) is 11.2. The van der Waals surface area contributed by atoms with E-state index in [0.29, 0.717) is 33.5 Å². The fraction of sp³-hybridized carbons (Fsp3) is 0.188. The van der Waals surface area contributed by atoms with Crippen LogP contribution in [0.15, 0.2) is 36.4 Å². The van der Waals surface area contributed by atoms with Gasteiger partial charge in [0.25, 0.3) is 0 Å². The molecule has 0 spiro atoms. The Bertz CT molecular complexity index is 651. The summed E-state index contributed by atoms with van der Waals surface area (Å²) in [6.45, 7) is 4.28. The van der Waals surface area contributed by atoms with Gasteiger partial charge in [0.1, 0.15) is 5.75 Å². The van der Waals surface area contributed by atoms with Crippen LogP contribution >= 0.6 is 23.2 Å². The smallest absolute Gasteiger partial charge is 0.194 e. The van der Waals surface area contributed by atoms with Crippen molar-refractivity contribution in [3.63, 3.8) is 0 Å². The zero-order valence-corrected chi connectivity index (χ0v) is 12.8. The third-order valence-electron chi connectivity index (χ3n) is 2.85. The van der Waals surface area contributed by atoms with Gasteiger partial charge in [0.2, 0.25) is 0 Å². The maximum atomic E-state index is 12.5. The number of carbonyl (C=O) groups excluding carboxylic acids is 1. The number of benzene rings is 2. The predicted molar refractivity (Wildman–Crippen MR) is 82.2 cm³/mol. The van der Waals surface area contributed by atoms with Gasteiger partial charge in [-0.15, -0.1) is 0 Å². The van der Waals surface area contributed by atoms with E-state index in [-0.39, 0.29) is 5.78 Å². The second kappa shape index (κ2) is 6.29. The molecule has 0 aliphatic carbocycles. The molecule has 0 amide bonds. The van der Waals surface area contributed by atoms with Crippen molar-refractivity contribution in [2.75, 3.05) is 6.61 Å². The lowest BCUT2D eigenvalue weighted by molar-refractivity contribution is 0.103. The Labute approximate surface area is 128 Å². The maximum absolute atomic E-state index is 12.5. The average Bonchev–Trinajstić information content (AvgIpc) is 2.42. The molecule has 20 heavy (non-hydrogen) atoms. The molecule has 0 N–H and O–H groups in total. The molecule has 0 heterocycles. The van der Waals surface area contributed by atoms with Gasteiger partial charge in [-0.05, 0) is 26.0 Å². The highest BCUT2D eigenvalue weighted by atomic mass is 35.5. The van der Waals surface area contributed by atoms with Crippen LogP contribution in [0.4, 0.5) is 0 Å². The predicted octanol–water partition coefficient (Wildman–Crippen LogP) is 4.93. The molecular weight excluding hydrogens is 295 g/mol.